The van der Waals surface area contributed by atoms with Crippen LogP contribution in [0, 0.1) is 5.82 Å². The molecule has 6 heteroatoms. The Kier molecular flexibility index (Phi) is 5.96. The average Bonchev–Trinajstić information content (AvgIpc) is 2.33. The third-order valence-corrected chi connectivity index (χ3v) is 2.54. The van der Waals surface area contributed by atoms with Crippen LogP contribution in [0.3, 0.4) is 0 Å². The molecule has 3 amide bonds. The molecule has 0 unspecified atom stereocenters. The monoisotopic (exact) mass is 281 g/mol. The summed E-state index contributed by atoms with van der Waals surface area (Å²) < 4.78 is 13.2. The number of nitrogens with zero attached hydrogens (tertiary/aromatic N) is 1. The lowest BCUT2D eigenvalue weighted by Crippen LogP contribution is -2.43. The SMILES string of the molecule is CC(=O)N(CCNC(=O)NC(C)C)c1cccc(F)c1. The van der Waals surface area contributed by atoms with Crippen LogP contribution in [0.2, 0.25) is 0 Å². The lowest BCUT2D eigenvalue weighted by molar-refractivity contribution is -0.116. The van der Waals surface area contributed by atoms with Gasteiger partial charge in [-0.25, -0.2) is 9.18 Å². The zero-order valence-electron chi connectivity index (χ0n) is 11.9. The summed E-state index contributed by atoms with van der Waals surface area (Å²) in [6.07, 6.45) is 0. The number of anilines is 1. The number of hydrogen-bond donors (Lipinski definition) is 2. The van der Waals surface area contributed by atoms with Crippen molar-refractivity contribution >= 4 is 17.6 Å². The van der Waals surface area contributed by atoms with Gasteiger partial charge < -0.3 is 15.5 Å². The molecule has 5 nitrogen and oxygen atoms in total. The van der Waals surface area contributed by atoms with Gasteiger partial charge >= 0.3 is 6.03 Å². The largest absolute Gasteiger partial charge is 0.336 e. The van der Waals surface area contributed by atoms with E-state index in [0.29, 0.717) is 5.69 Å². The predicted octanol–water partition coefficient (Wildman–Crippen LogP) is 1.89. The topological polar surface area (TPSA) is 61.4 Å². The number of halogens is 1. The lowest BCUT2D eigenvalue weighted by atomic mass is 10.2. The Bertz CT molecular complexity index is 477. The molecule has 0 heterocycles. The molecule has 2 N–H and O–H groups in total. The van der Waals surface area contributed by atoms with E-state index in [1.54, 1.807) is 12.1 Å². The van der Waals surface area contributed by atoms with Gasteiger partial charge in [-0.15, -0.1) is 0 Å². The first kappa shape index (κ1) is 15.9. The zero-order chi connectivity index (χ0) is 15.1. The molecule has 0 saturated heterocycles. The van der Waals surface area contributed by atoms with E-state index in [2.05, 4.69) is 10.6 Å². The maximum Gasteiger partial charge on any atom is 0.315 e. The summed E-state index contributed by atoms with van der Waals surface area (Å²) in [6, 6.07) is 5.55. The normalized spacial score (nSPS) is 10.2. The van der Waals surface area contributed by atoms with E-state index in [-0.39, 0.29) is 31.1 Å². The second-order valence-electron chi connectivity index (χ2n) is 4.71. The highest BCUT2D eigenvalue weighted by Crippen LogP contribution is 2.15. The molecule has 0 aliphatic rings. The molecule has 0 aromatic heterocycles. The second-order valence-corrected chi connectivity index (χ2v) is 4.71. The van der Waals surface area contributed by atoms with E-state index in [4.69, 9.17) is 0 Å². The van der Waals surface area contributed by atoms with Crippen molar-refractivity contribution in [2.75, 3.05) is 18.0 Å². The van der Waals surface area contributed by atoms with Crippen molar-refractivity contribution in [2.24, 2.45) is 0 Å². The van der Waals surface area contributed by atoms with Crippen molar-refractivity contribution in [1.82, 2.24) is 10.6 Å². The molecular formula is C14H20FN3O2. The first-order valence-corrected chi connectivity index (χ1v) is 6.48. The number of benzene rings is 1. The fourth-order valence-corrected chi connectivity index (χ4v) is 1.71. The molecule has 0 fully saturated rings. The number of nitrogens with one attached hydrogen (secondary N) is 2. The standard InChI is InChI=1S/C14H20FN3O2/c1-10(2)17-14(20)16-7-8-18(11(3)19)13-6-4-5-12(15)9-13/h4-6,9-10H,7-8H2,1-3H3,(H2,16,17,20). The number of carbonyl (C=O) groups excluding carboxylic acids is 2. The van der Waals surface area contributed by atoms with E-state index in [0.717, 1.165) is 0 Å². The minimum Gasteiger partial charge on any atom is -0.336 e. The van der Waals surface area contributed by atoms with Crippen LogP contribution in [-0.2, 0) is 4.79 Å². The fraction of sp³-hybridized carbons (Fsp3) is 0.429. The van der Waals surface area contributed by atoms with E-state index in [1.807, 2.05) is 13.8 Å². The van der Waals surface area contributed by atoms with Crippen LogP contribution >= 0.6 is 0 Å². The summed E-state index contributed by atoms with van der Waals surface area (Å²) in [5.41, 5.74) is 0.476. The average molecular weight is 281 g/mol. The zero-order valence-corrected chi connectivity index (χ0v) is 11.9. The highest BCUT2D eigenvalue weighted by Gasteiger charge is 2.12. The molecule has 110 valence electrons. The molecule has 0 radical (unpaired) electrons. The Balaban J connectivity index is 2.57. The van der Waals surface area contributed by atoms with Crippen LogP contribution in [-0.4, -0.2) is 31.1 Å². The highest BCUT2D eigenvalue weighted by atomic mass is 19.1. The van der Waals surface area contributed by atoms with Gasteiger partial charge in [0.1, 0.15) is 5.82 Å². The van der Waals surface area contributed by atoms with Gasteiger partial charge in [0.25, 0.3) is 0 Å². The van der Waals surface area contributed by atoms with Gasteiger partial charge in [0.2, 0.25) is 5.91 Å². The summed E-state index contributed by atoms with van der Waals surface area (Å²) in [4.78, 5) is 24.4. The van der Waals surface area contributed by atoms with Crippen molar-refractivity contribution in [3.05, 3.63) is 30.1 Å². The van der Waals surface area contributed by atoms with Crippen LogP contribution in [0.5, 0.6) is 0 Å². The van der Waals surface area contributed by atoms with E-state index < -0.39 is 5.82 Å². The Morgan fingerprint density at radius 1 is 1.35 bits per heavy atom. The Morgan fingerprint density at radius 2 is 2.05 bits per heavy atom. The molecule has 1 aromatic carbocycles. The van der Waals surface area contributed by atoms with Gasteiger partial charge in [0.05, 0.1) is 0 Å². The van der Waals surface area contributed by atoms with E-state index >= 15 is 0 Å². The fourth-order valence-electron chi connectivity index (χ4n) is 1.71. The number of amides is 3. The predicted molar refractivity (Wildman–Crippen MR) is 76.1 cm³/mol. The smallest absolute Gasteiger partial charge is 0.315 e. The van der Waals surface area contributed by atoms with Crippen molar-refractivity contribution < 1.29 is 14.0 Å². The molecule has 0 bridgehead atoms. The number of urea groups is 1. The van der Waals surface area contributed by atoms with Gasteiger partial charge in [0, 0.05) is 31.7 Å². The van der Waals surface area contributed by atoms with E-state index in [1.165, 1.54) is 24.0 Å². The molecule has 0 aliphatic heterocycles. The third-order valence-electron chi connectivity index (χ3n) is 2.54. The Hall–Kier alpha value is -2.11. The van der Waals surface area contributed by atoms with Crippen molar-refractivity contribution in [3.63, 3.8) is 0 Å². The molecule has 0 aliphatic carbocycles. The van der Waals surface area contributed by atoms with Crippen LogP contribution in [0.4, 0.5) is 14.9 Å². The summed E-state index contributed by atoms with van der Waals surface area (Å²) in [6.45, 7) is 5.68. The quantitative estimate of drug-likeness (QED) is 0.865. The molecule has 0 spiro atoms. The maximum atomic E-state index is 13.2. The van der Waals surface area contributed by atoms with Crippen molar-refractivity contribution in [3.8, 4) is 0 Å². The minimum absolute atomic E-state index is 0.0436. The number of hydrogen-bond acceptors (Lipinski definition) is 2. The second kappa shape index (κ2) is 7.47. The molecule has 0 saturated carbocycles. The maximum absolute atomic E-state index is 13.2. The molecule has 1 aromatic rings. The van der Waals surface area contributed by atoms with Gasteiger partial charge in [-0.2, -0.15) is 0 Å². The first-order valence-electron chi connectivity index (χ1n) is 6.48. The van der Waals surface area contributed by atoms with Crippen molar-refractivity contribution in [2.45, 2.75) is 26.8 Å². The number of carbonyl (C=O) groups is 2. The first-order chi connectivity index (χ1) is 9.40. The summed E-state index contributed by atoms with van der Waals surface area (Å²) in [7, 11) is 0. The summed E-state index contributed by atoms with van der Waals surface area (Å²) in [5, 5.41) is 5.33. The van der Waals surface area contributed by atoms with Crippen LogP contribution in [0.15, 0.2) is 24.3 Å². The van der Waals surface area contributed by atoms with Crippen LogP contribution in [0.25, 0.3) is 0 Å². The van der Waals surface area contributed by atoms with Crippen LogP contribution < -0.4 is 15.5 Å². The van der Waals surface area contributed by atoms with E-state index in [9.17, 15) is 14.0 Å². The highest BCUT2D eigenvalue weighted by molar-refractivity contribution is 5.91. The summed E-state index contributed by atoms with van der Waals surface area (Å²) in [5.74, 6) is -0.610. The molecule has 1 rings (SSSR count). The van der Waals surface area contributed by atoms with Gasteiger partial charge in [-0.05, 0) is 32.0 Å². The van der Waals surface area contributed by atoms with Gasteiger partial charge in [-0.1, -0.05) is 6.07 Å². The van der Waals surface area contributed by atoms with Gasteiger partial charge in [-0.3, -0.25) is 4.79 Å². The number of rotatable bonds is 5. The Morgan fingerprint density at radius 3 is 2.60 bits per heavy atom. The molecule has 20 heavy (non-hydrogen) atoms. The van der Waals surface area contributed by atoms with Crippen LogP contribution in [0.1, 0.15) is 20.8 Å². The Labute approximate surface area is 118 Å². The molecular weight excluding hydrogens is 261 g/mol. The lowest BCUT2D eigenvalue weighted by Gasteiger charge is -2.21. The third kappa shape index (κ3) is 5.26. The summed E-state index contributed by atoms with van der Waals surface area (Å²) >= 11 is 0. The van der Waals surface area contributed by atoms with Crippen molar-refractivity contribution in [1.29, 1.82) is 0 Å². The molecule has 0 atom stereocenters. The van der Waals surface area contributed by atoms with Gasteiger partial charge in [0.15, 0.2) is 0 Å². The minimum atomic E-state index is -0.403.